The Kier molecular flexibility index (Phi) is 12.3. The second-order valence-electron chi connectivity index (χ2n) is 11.2. The molecule has 0 amide bonds. The first-order valence-electron chi connectivity index (χ1n) is 15.0. The molecule has 0 atom stereocenters. The van der Waals surface area contributed by atoms with Gasteiger partial charge in [-0.1, -0.05) is 0 Å². The summed E-state index contributed by atoms with van der Waals surface area (Å²) < 4.78 is 169. The predicted molar refractivity (Wildman–Crippen MR) is 200 cm³/mol. The third kappa shape index (κ3) is 10.4. The van der Waals surface area contributed by atoms with Crippen molar-refractivity contribution in [2.24, 2.45) is 10.2 Å². The van der Waals surface area contributed by atoms with Gasteiger partial charge in [-0.15, -0.1) is 10.2 Å². The Balaban J connectivity index is 1.53. The summed E-state index contributed by atoms with van der Waals surface area (Å²) in [5.74, 6) is -2.78. The van der Waals surface area contributed by atoms with Crippen molar-refractivity contribution in [1.29, 1.82) is 0 Å². The highest BCUT2D eigenvalue weighted by Crippen LogP contribution is 2.45. The highest BCUT2D eigenvalue weighted by atomic mass is 35.5. The molecule has 5 rings (SSSR count). The van der Waals surface area contributed by atoms with Gasteiger partial charge < -0.3 is 20.5 Å². The number of aromatic nitrogens is 3. The van der Waals surface area contributed by atoms with Crippen molar-refractivity contribution in [3.05, 3.63) is 65.9 Å². The quantitative estimate of drug-likeness (QED) is 0.0582. The lowest BCUT2D eigenvalue weighted by molar-refractivity contribution is 0.284. The number of azo groups is 1. The number of hydrogen-bond acceptors (Lipinski definition) is 20. The van der Waals surface area contributed by atoms with Crippen LogP contribution in [0.2, 0.25) is 5.28 Å². The zero-order chi connectivity index (χ0) is 43.0. The number of phenols is 1. The third-order valence-corrected chi connectivity index (χ3v) is 12.4. The van der Waals surface area contributed by atoms with Crippen LogP contribution >= 0.6 is 11.6 Å². The summed E-state index contributed by atoms with van der Waals surface area (Å²) in [5, 5.41) is 21.7. The van der Waals surface area contributed by atoms with E-state index in [9.17, 15) is 60.9 Å². The van der Waals surface area contributed by atoms with E-state index in [-0.39, 0.29) is 22.3 Å². The molecule has 30 heteroatoms. The Morgan fingerprint density at radius 3 is 1.90 bits per heavy atom. The molecule has 0 aliphatic heterocycles. The van der Waals surface area contributed by atoms with Crippen LogP contribution in [-0.2, 0) is 54.8 Å². The molecule has 58 heavy (non-hydrogen) atoms. The molecule has 0 bridgehead atoms. The van der Waals surface area contributed by atoms with Crippen LogP contribution in [-0.4, -0.2) is 99.8 Å². The number of sulfone groups is 1. The molecule has 0 saturated carbocycles. The Morgan fingerprint density at radius 2 is 1.33 bits per heavy atom. The number of halogens is 1. The van der Waals surface area contributed by atoms with Crippen LogP contribution in [0.15, 0.2) is 90.5 Å². The van der Waals surface area contributed by atoms with E-state index >= 15 is 0 Å². The molecule has 0 spiro atoms. The lowest BCUT2D eigenvalue weighted by Gasteiger charge is -2.15. The minimum absolute atomic E-state index is 0.0406. The molecule has 1 heterocycles. The number of anilines is 4. The van der Waals surface area contributed by atoms with Gasteiger partial charge in [-0.05, 0) is 66.2 Å². The van der Waals surface area contributed by atoms with Crippen molar-refractivity contribution >= 4 is 108 Å². The summed E-state index contributed by atoms with van der Waals surface area (Å²) in [6, 6.07) is 10.3. The second-order valence-corrected chi connectivity index (χ2v) is 18.8. The molecule has 1 aromatic heterocycles. The SMILES string of the molecule is COc1ccc(N=Nc2c(S(=O)(=O)O)cc3c(S(=O)(=O)O)c(Nc4nc(Cl)nc(Nc5ccc(S(=O)(=O)CCOS(=O)(=O)O)cc5)n4)ccc3c2O)c(S(=O)(=O)O)c1. The van der Waals surface area contributed by atoms with Crippen LogP contribution in [0.25, 0.3) is 10.8 Å². The molecule has 0 radical (unpaired) electrons. The first kappa shape index (κ1) is 43.9. The summed E-state index contributed by atoms with van der Waals surface area (Å²) >= 11 is 6.04. The minimum atomic E-state index is -5.42. The van der Waals surface area contributed by atoms with Gasteiger partial charge >= 0.3 is 10.4 Å². The Hall–Kier alpha value is -5.21. The van der Waals surface area contributed by atoms with E-state index in [4.69, 9.17) is 20.9 Å². The first-order chi connectivity index (χ1) is 26.8. The summed E-state index contributed by atoms with van der Waals surface area (Å²) in [6.07, 6.45) is 0. The molecule has 0 aliphatic carbocycles. The van der Waals surface area contributed by atoms with Gasteiger partial charge in [0, 0.05) is 22.5 Å². The minimum Gasteiger partial charge on any atom is -0.505 e. The normalized spacial score (nSPS) is 12.9. The molecule has 0 aliphatic rings. The molecule has 5 aromatic rings. The number of fused-ring (bicyclic) bond motifs is 1. The van der Waals surface area contributed by atoms with Crippen LogP contribution < -0.4 is 15.4 Å². The van der Waals surface area contributed by atoms with E-state index < -0.39 is 122 Å². The average Bonchev–Trinajstić information content (AvgIpc) is 3.09. The summed E-state index contributed by atoms with van der Waals surface area (Å²) in [6.45, 7) is -0.860. The topological polar surface area (TPSA) is 378 Å². The number of benzene rings is 4. The lowest BCUT2D eigenvalue weighted by atomic mass is 10.1. The number of rotatable bonds is 15. The molecular formula is C28H24ClN7O17S5. The fourth-order valence-corrected chi connectivity index (χ4v) is 8.68. The largest absolute Gasteiger partial charge is 0.505 e. The average molecular weight is 926 g/mol. The van der Waals surface area contributed by atoms with E-state index in [0.717, 1.165) is 36.4 Å². The van der Waals surface area contributed by atoms with Crippen LogP contribution in [0.1, 0.15) is 0 Å². The number of nitrogens with one attached hydrogen (secondary N) is 2. The monoisotopic (exact) mass is 925 g/mol. The van der Waals surface area contributed by atoms with Crippen LogP contribution in [0, 0.1) is 0 Å². The van der Waals surface area contributed by atoms with Crippen LogP contribution in [0.5, 0.6) is 11.5 Å². The molecule has 24 nitrogen and oxygen atoms in total. The molecule has 310 valence electrons. The van der Waals surface area contributed by atoms with Crippen LogP contribution in [0.4, 0.5) is 34.6 Å². The van der Waals surface area contributed by atoms with Crippen LogP contribution in [0.3, 0.4) is 0 Å². The Bertz CT molecular complexity index is 3060. The first-order valence-corrected chi connectivity index (χ1v) is 22.7. The van der Waals surface area contributed by atoms with Gasteiger partial charge in [0.25, 0.3) is 30.4 Å². The smallest absolute Gasteiger partial charge is 0.397 e. The fraction of sp³-hybridized carbons (Fsp3) is 0.107. The van der Waals surface area contributed by atoms with E-state index in [1.165, 1.54) is 25.3 Å². The van der Waals surface area contributed by atoms with E-state index in [1.807, 2.05) is 0 Å². The molecule has 4 aromatic carbocycles. The number of ether oxygens (including phenoxy) is 1. The van der Waals surface area contributed by atoms with Crippen molar-refractivity contribution in [2.75, 3.05) is 30.1 Å². The van der Waals surface area contributed by atoms with Gasteiger partial charge in [-0.2, -0.15) is 48.6 Å². The standard InChI is InChI=1S/C28H24ClN7O17S5/c1-52-15-4-8-19(21(12-15)55(40,41)42)35-36-23-22(56(43,44)45)13-18-17(24(23)37)7-9-20(25(18)57(46,47)48)31-28-33-26(29)32-27(34-28)30-14-2-5-16(6-3-14)54(38,39)11-10-53-58(49,50)51/h2-9,12-13,37H,10-11H2,1H3,(H,40,41,42)(H,43,44,45)(H,46,47,48)(H,49,50,51)(H2,30,31,32,33,34). The number of phenolic OH excluding ortho intramolecular Hbond substituents is 1. The zero-order valence-electron chi connectivity index (χ0n) is 28.5. The van der Waals surface area contributed by atoms with Gasteiger partial charge in [0.1, 0.15) is 31.8 Å². The third-order valence-electron chi connectivity index (χ3n) is 7.33. The maximum Gasteiger partial charge on any atom is 0.397 e. The molecule has 7 N–H and O–H groups in total. The summed E-state index contributed by atoms with van der Waals surface area (Å²) in [7, 11) is -23.5. The number of aromatic hydroxyl groups is 1. The highest BCUT2D eigenvalue weighted by molar-refractivity contribution is 7.91. The number of nitrogens with zero attached hydrogens (tertiary/aromatic N) is 5. The van der Waals surface area contributed by atoms with Crippen molar-refractivity contribution < 1.29 is 74.3 Å². The van der Waals surface area contributed by atoms with Crippen molar-refractivity contribution in [1.82, 2.24) is 15.0 Å². The fourth-order valence-electron chi connectivity index (χ4n) is 4.90. The van der Waals surface area contributed by atoms with Crippen molar-refractivity contribution in [3.63, 3.8) is 0 Å². The zero-order valence-corrected chi connectivity index (χ0v) is 33.3. The van der Waals surface area contributed by atoms with Gasteiger partial charge in [-0.25, -0.2) is 12.6 Å². The number of hydrogen-bond donors (Lipinski definition) is 7. The predicted octanol–water partition coefficient (Wildman–Crippen LogP) is 3.63. The van der Waals surface area contributed by atoms with Crippen molar-refractivity contribution in [2.45, 2.75) is 19.6 Å². The highest BCUT2D eigenvalue weighted by Gasteiger charge is 2.29. The van der Waals surface area contributed by atoms with Gasteiger partial charge in [-0.3, -0.25) is 18.2 Å². The van der Waals surface area contributed by atoms with E-state index in [0.29, 0.717) is 6.07 Å². The summed E-state index contributed by atoms with van der Waals surface area (Å²) in [5.41, 5.74) is -2.00. The maximum atomic E-state index is 12.8. The molecule has 0 saturated heterocycles. The molecule has 0 unspecified atom stereocenters. The van der Waals surface area contributed by atoms with Gasteiger partial charge in [0.05, 0.1) is 30.1 Å². The van der Waals surface area contributed by atoms with E-state index in [1.54, 1.807) is 0 Å². The maximum absolute atomic E-state index is 12.8. The van der Waals surface area contributed by atoms with Crippen molar-refractivity contribution in [3.8, 4) is 11.5 Å². The second kappa shape index (κ2) is 16.2. The number of methoxy groups -OCH3 is 1. The Morgan fingerprint density at radius 1 is 0.707 bits per heavy atom. The van der Waals surface area contributed by atoms with Gasteiger partial charge in [0.15, 0.2) is 15.6 Å². The van der Waals surface area contributed by atoms with E-state index in [2.05, 4.69) is 40.0 Å². The molecular weight excluding hydrogens is 902 g/mol. The summed E-state index contributed by atoms with van der Waals surface area (Å²) in [4.78, 5) is 8.25. The Labute approximate surface area is 332 Å². The lowest BCUT2D eigenvalue weighted by Crippen LogP contribution is -2.15. The van der Waals surface area contributed by atoms with Gasteiger partial charge in [0.2, 0.25) is 17.2 Å². The molecule has 0 fully saturated rings.